The average molecular weight is 632 g/mol. The Morgan fingerprint density at radius 3 is 2.23 bits per heavy atom. The minimum Gasteiger partial charge on any atom is -0.332 e. The van der Waals surface area contributed by atoms with Crippen molar-refractivity contribution in [3.63, 3.8) is 0 Å². The third-order valence-corrected chi connectivity index (χ3v) is 8.94. The van der Waals surface area contributed by atoms with Gasteiger partial charge in [0.15, 0.2) is 5.16 Å². The highest BCUT2D eigenvalue weighted by Gasteiger charge is 2.23. The highest BCUT2D eigenvalue weighted by Crippen LogP contribution is 2.44. The molecule has 0 bridgehead atoms. The van der Waals surface area contributed by atoms with E-state index < -0.39 is 9.85 Å². The van der Waals surface area contributed by atoms with Crippen molar-refractivity contribution in [2.45, 2.75) is 10.1 Å². The molecule has 0 amide bonds. The number of imidazole rings is 1. The third kappa shape index (κ3) is 3.54. The lowest BCUT2D eigenvalue weighted by Gasteiger charge is -2.03. The Labute approximate surface area is 182 Å². The smallest absolute Gasteiger partial charge is 0.290 e. The molecule has 0 atom stereocenters. The van der Waals surface area contributed by atoms with E-state index in [0.717, 1.165) is 31.2 Å². The van der Waals surface area contributed by atoms with Crippen LogP contribution in [0.2, 0.25) is 0 Å². The maximum absolute atomic E-state index is 11.3. The molecule has 0 aliphatic heterocycles. The van der Waals surface area contributed by atoms with Crippen molar-refractivity contribution in [2.24, 2.45) is 0 Å². The van der Waals surface area contributed by atoms with Crippen molar-refractivity contribution in [3.8, 4) is 0 Å². The number of hydrogen-bond donors (Lipinski definition) is 1. The molecule has 134 valence electrons. The number of nitro groups is 2. The lowest BCUT2D eigenvalue weighted by molar-refractivity contribution is -0.396. The number of halogens is 4. The molecule has 0 spiro atoms. The number of hydrogen-bond acceptors (Lipinski definition) is 6. The van der Waals surface area contributed by atoms with Gasteiger partial charge >= 0.3 is 0 Å². The number of nitro benzene ring substituents is 2. The number of benzene rings is 2. The predicted molar refractivity (Wildman–Crippen MR) is 111 cm³/mol. The second kappa shape index (κ2) is 7.54. The summed E-state index contributed by atoms with van der Waals surface area (Å²) < 4.78 is 2.99. The predicted octanol–water partition coefficient (Wildman–Crippen LogP) is 6.58. The lowest BCUT2D eigenvalue weighted by atomic mass is 10.3. The molecule has 0 aliphatic rings. The van der Waals surface area contributed by atoms with Crippen molar-refractivity contribution in [3.05, 3.63) is 56.3 Å². The zero-order valence-electron chi connectivity index (χ0n) is 12.1. The number of nitrogens with zero attached hydrogens (tertiary/aromatic N) is 3. The normalized spacial score (nSPS) is 11.1. The van der Waals surface area contributed by atoms with Gasteiger partial charge in [0.1, 0.15) is 5.52 Å². The van der Waals surface area contributed by atoms with Gasteiger partial charge in [0, 0.05) is 15.0 Å². The zero-order chi connectivity index (χ0) is 19.2. The van der Waals surface area contributed by atoms with Crippen LogP contribution in [-0.4, -0.2) is 19.8 Å². The summed E-state index contributed by atoms with van der Waals surface area (Å²) in [6.07, 6.45) is 0. The van der Waals surface area contributed by atoms with Gasteiger partial charge in [-0.3, -0.25) is 20.2 Å². The quantitative estimate of drug-likeness (QED) is 0.151. The monoisotopic (exact) mass is 628 g/mol. The summed E-state index contributed by atoms with van der Waals surface area (Å²) in [7, 11) is 0. The summed E-state index contributed by atoms with van der Waals surface area (Å²) in [4.78, 5) is 28.6. The Bertz CT molecular complexity index is 1040. The van der Waals surface area contributed by atoms with E-state index in [-0.39, 0.29) is 16.3 Å². The number of aromatic nitrogens is 2. The lowest BCUT2D eigenvalue weighted by Crippen LogP contribution is -1.94. The van der Waals surface area contributed by atoms with E-state index in [4.69, 9.17) is 0 Å². The van der Waals surface area contributed by atoms with Gasteiger partial charge in [-0.25, -0.2) is 4.98 Å². The van der Waals surface area contributed by atoms with Crippen LogP contribution < -0.4 is 0 Å². The summed E-state index contributed by atoms with van der Waals surface area (Å²) in [6.45, 7) is 0. The SMILES string of the molecule is O=[N+]([O-])c1ccc(Sc2nc3c(Br)c(Br)c(Br)c(Br)c3[nH]2)c([N+](=O)[O-])c1. The largest absolute Gasteiger partial charge is 0.332 e. The molecule has 2 aromatic carbocycles. The van der Waals surface area contributed by atoms with Crippen molar-refractivity contribution in [1.82, 2.24) is 9.97 Å². The summed E-state index contributed by atoms with van der Waals surface area (Å²) in [5.41, 5.74) is 0.618. The first kappa shape index (κ1) is 19.7. The van der Waals surface area contributed by atoms with E-state index in [9.17, 15) is 20.2 Å². The molecular weight excluding hydrogens is 628 g/mol. The summed E-state index contributed by atoms with van der Waals surface area (Å²) in [5.74, 6) is 0. The molecule has 3 aromatic rings. The Hall–Kier alpha value is -1.02. The number of non-ortho nitro benzene ring substituents is 1. The standard InChI is InChI=1S/C13H4Br4N4O4S/c14-7-8(15)10(17)12-11(9(7)16)18-13(19-12)26-6-2-1-4(20(22)23)3-5(6)21(24)25/h1-3H,(H,18,19). The number of H-pyrrole nitrogens is 1. The molecule has 0 aliphatic carbocycles. The Morgan fingerprint density at radius 2 is 1.62 bits per heavy atom. The molecule has 0 radical (unpaired) electrons. The summed E-state index contributed by atoms with van der Waals surface area (Å²) in [5, 5.41) is 22.5. The molecule has 1 aromatic heterocycles. The summed E-state index contributed by atoms with van der Waals surface area (Å²) >= 11 is 14.8. The molecule has 0 saturated heterocycles. The molecule has 13 heteroatoms. The van der Waals surface area contributed by atoms with Crippen LogP contribution in [0.5, 0.6) is 0 Å². The molecule has 26 heavy (non-hydrogen) atoms. The highest BCUT2D eigenvalue weighted by atomic mass is 79.9. The van der Waals surface area contributed by atoms with Gasteiger partial charge in [-0.2, -0.15) is 0 Å². The zero-order valence-corrected chi connectivity index (χ0v) is 19.3. The van der Waals surface area contributed by atoms with Crippen molar-refractivity contribution in [2.75, 3.05) is 0 Å². The second-order valence-corrected chi connectivity index (χ2v) is 8.99. The molecule has 1 heterocycles. The maximum Gasteiger partial charge on any atom is 0.290 e. The van der Waals surface area contributed by atoms with E-state index in [0.29, 0.717) is 20.7 Å². The second-order valence-electron chi connectivity index (χ2n) is 4.79. The Morgan fingerprint density at radius 1 is 0.962 bits per heavy atom. The average Bonchev–Trinajstić information content (AvgIpc) is 3.02. The minimum atomic E-state index is -0.675. The number of nitrogens with one attached hydrogen (secondary N) is 1. The van der Waals surface area contributed by atoms with Crippen LogP contribution in [0.4, 0.5) is 11.4 Å². The number of aromatic amines is 1. The van der Waals surface area contributed by atoms with Crippen LogP contribution in [0.25, 0.3) is 11.0 Å². The van der Waals surface area contributed by atoms with Crippen LogP contribution in [0.3, 0.4) is 0 Å². The number of fused-ring (bicyclic) bond motifs is 1. The van der Waals surface area contributed by atoms with Crippen LogP contribution in [0, 0.1) is 20.2 Å². The van der Waals surface area contributed by atoms with Gasteiger partial charge in [-0.1, -0.05) is 0 Å². The molecular formula is C13H4Br4N4O4S. The van der Waals surface area contributed by atoms with Crippen molar-refractivity contribution in [1.29, 1.82) is 0 Å². The van der Waals surface area contributed by atoms with E-state index in [2.05, 4.69) is 73.7 Å². The van der Waals surface area contributed by atoms with E-state index in [1.54, 1.807) is 0 Å². The fourth-order valence-electron chi connectivity index (χ4n) is 2.08. The van der Waals surface area contributed by atoms with Crippen LogP contribution in [0.15, 0.2) is 46.1 Å². The van der Waals surface area contributed by atoms with Gasteiger partial charge < -0.3 is 4.98 Å². The van der Waals surface area contributed by atoms with Crippen LogP contribution in [0.1, 0.15) is 0 Å². The molecule has 1 N–H and O–H groups in total. The molecule has 8 nitrogen and oxygen atoms in total. The van der Waals surface area contributed by atoms with Gasteiger partial charge in [-0.05, 0) is 81.5 Å². The fourth-order valence-corrected chi connectivity index (χ4v) is 5.23. The topological polar surface area (TPSA) is 115 Å². The first-order chi connectivity index (χ1) is 12.2. The van der Waals surface area contributed by atoms with Crippen LogP contribution in [-0.2, 0) is 0 Å². The van der Waals surface area contributed by atoms with Gasteiger partial charge in [0.25, 0.3) is 11.4 Å². The van der Waals surface area contributed by atoms with Crippen molar-refractivity contribution < 1.29 is 9.85 Å². The minimum absolute atomic E-state index is 0.241. The van der Waals surface area contributed by atoms with Crippen molar-refractivity contribution >= 4 is 97.9 Å². The molecule has 3 rings (SSSR count). The van der Waals surface area contributed by atoms with Gasteiger partial charge in [0.05, 0.1) is 35.3 Å². The van der Waals surface area contributed by atoms with E-state index in [1.165, 1.54) is 12.1 Å². The third-order valence-electron chi connectivity index (χ3n) is 3.24. The van der Waals surface area contributed by atoms with Gasteiger partial charge in [0.2, 0.25) is 0 Å². The molecule has 0 fully saturated rings. The Kier molecular flexibility index (Phi) is 5.72. The molecule has 0 unspecified atom stereocenters. The van der Waals surface area contributed by atoms with E-state index in [1.807, 2.05) is 0 Å². The maximum atomic E-state index is 11.3. The number of rotatable bonds is 4. The van der Waals surface area contributed by atoms with Gasteiger partial charge in [-0.15, -0.1) is 0 Å². The van der Waals surface area contributed by atoms with Crippen LogP contribution >= 0.6 is 75.5 Å². The molecule has 0 saturated carbocycles. The first-order valence-corrected chi connectivity index (χ1v) is 10.5. The fraction of sp³-hybridized carbons (Fsp3) is 0. The Balaban J connectivity index is 2.10. The summed E-state index contributed by atoms with van der Waals surface area (Å²) in [6, 6.07) is 3.49. The van der Waals surface area contributed by atoms with E-state index >= 15 is 0 Å². The first-order valence-electron chi connectivity index (χ1n) is 6.53. The highest BCUT2D eigenvalue weighted by molar-refractivity contribution is 9.15.